The summed E-state index contributed by atoms with van der Waals surface area (Å²) in [5.74, 6) is 0.00627. The van der Waals surface area contributed by atoms with Crippen molar-refractivity contribution >= 4 is 11.0 Å². The Bertz CT molecular complexity index is 3670. The lowest BCUT2D eigenvalue weighted by Gasteiger charge is -2.27. The van der Waals surface area contributed by atoms with Crippen LogP contribution in [0.3, 0.4) is 0 Å². The van der Waals surface area contributed by atoms with Crippen LogP contribution in [0.15, 0.2) is 194 Å². The van der Waals surface area contributed by atoms with Gasteiger partial charge in [-0.05, 0) is 138 Å². The lowest BCUT2D eigenvalue weighted by Crippen LogP contribution is -2.17. The number of aromatic hydroxyl groups is 1. The predicted molar refractivity (Wildman–Crippen MR) is 309 cm³/mol. The molecule has 0 atom stereocenters. The molecule has 0 fully saturated rings. The maximum Gasteiger partial charge on any atom is 0.149 e. The van der Waals surface area contributed by atoms with Crippen LogP contribution in [0.2, 0.25) is 0 Å². The normalized spacial score (nSPS) is 12.6. The molecule has 73 heavy (non-hydrogen) atoms. The fraction of sp³-hybridized carbons (Fsp3) is 0.217. The van der Waals surface area contributed by atoms with Gasteiger partial charge in [-0.15, -0.1) is 0 Å². The van der Waals surface area contributed by atoms with Crippen LogP contribution < -0.4 is 0 Å². The van der Waals surface area contributed by atoms with Crippen LogP contribution in [0.4, 0.5) is 0 Å². The minimum absolute atomic E-state index is 0.0253. The molecule has 0 aliphatic heterocycles. The van der Waals surface area contributed by atoms with Crippen molar-refractivity contribution in [1.82, 2.24) is 14.5 Å². The van der Waals surface area contributed by atoms with Crippen molar-refractivity contribution in [2.24, 2.45) is 0 Å². The third-order valence-corrected chi connectivity index (χ3v) is 14.3. The monoisotopic (exact) mass is 955 g/mol. The highest BCUT2D eigenvalue weighted by atomic mass is 16.3. The first-order valence-electron chi connectivity index (χ1n) is 26.1. The fourth-order valence-corrected chi connectivity index (χ4v) is 9.97. The number of hydrogen-bond acceptors (Lipinski definition) is 3. The third kappa shape index (κ3) is 9.79. The summed E-state index contributed by atoms with van der Waals surface area (Å²) in [7, 11) is 0. The zero-order valence-corrected chi connectivity index (χ0v) is 44.3. The molecule has 0 aliphatic carbocycles. The topological polar surface area (TPSA) is 50.9 Å². The molecule has 364 valence electrons. The van der Waals surface area contributed by atoms with Gasteiger partial charge in [0.2, 0.25) is 0 Å². The smallest absolute Gasteiger partial charge is 0.149 e. The predicted octanol–water partition coefficient (Wildman–Crippen LogP) is 18.8. The van der Waals surface area contributed by atoms with E-state index in [1.165, 1.54) is 16.7 Å². The minimum Gasteiger partial charge on any atom is -0.507 e. The molecule has 4 heteroatoms. The Hall–Kier alpha value is -7.82. The first-order valence-corrected chi connectivity index (χ1v) is 25.6. The Kier molecular flexibility index (Phi) is 12.4. The van der Waals surface area contributed by atoms with Crippen molar-refractivity contribution in [2.75, 3.05) is 0 Å². The summed E-state index contributed by atoms with van der Waals surface area (Å²) >= 11 is 0. The number of aromatic nitrogens is 3. The maximum absolute atomic E-state index is 12.7. The Morgan fingerprint density at radius 2 is 1.03 bits per heavy atom. The number of phenols is 1. The quantitative estimate of drug-likeness (QED) is 0.157. The van der Waals surface area contributed by atoms with E-state index in [1.54, 1.807) is 0 Å². The maximum atomic E-state index is 12.7. The van der Waals surface area contributed by atoms with Gasteiger partial charge in [0.05, 0.1) is 28.0 Å². The van der Waals surface area contributed by atoms with E-state index in [1.807, 2.05) is 26.1 Å². The van der Waals surface area contributed by atoms with E-state index in [9.17, 15) is 6.48 Å². The number of pyridine rings is 1. The molecular formula is C69H67N3O. The van der Waals surface area contributed by atoms with E-state index < -0.39 is 5.89 Å². The Balaban J connectivity index is 1.23. The fourth-order valence-electron chi connectivity index (χ4n) is 9.97. The summed E-state index contributed by atoms with van der Waals surface area (Å²) in [5.41, 5.74) is 19.3. The number of nitrogens with zero attached hydrogens (tertiary/aromatic N) is 3. The molecule has 1 N–H and O–H groups in total. The molecule has 0 bridgehead atoms. The molecule has 0 saturated heterocycles. The van der Waals surface area contributed by atoms with E-state index in [2.05, 4.69) is 249 Å². The van der Waals surface area contributed by atoms with Gasteiger partial charge in [-0.2, -0.15) is 0 Å². The van der Waals surface area contributed by atoms with Crippen molar-refractivity contribution in [3.63, 3.8) is 0 Å². The number of fused-ring (bicyclic) bond motifs is 1. The summed E-state index contributed by atoms with van der Waals surface area (Å²) in [6.45, 7) is 23.7. The summed E-state index contributed by atoms with van der Waals surface area (Å²) in [6, 6.07) is 66.8. The summed E-state index contributed by atoms with van der Waals surface area (Å²) in [5, 5.41) is 12.7. The van der Waals surface area contributed by atoms with Crippen molar-refractivity contribution in [1.29, 1.82) is 0 Å². The first-order chi connectivity index (χ1) is 35.1. The number of para-hydroxylation sites is 1. The average molecular weight is 955 g/mol. The standard InChI is InChI=1S/C69H67N3O/c1-44(2)50-31-34-62(58(40-50)49-29-32-55(33-30-49)67(3,4)5)72-63-24-18-23-57(64(63)71-66(72)59-42-56(68(6,7)8)43-60(65(59)73)69(9,10)11)53-37-52(46-21-16-13-17-22-46)38-54(39-53)61-41-51(35-36-70-61)48-27-25-47(26-28-48)45-19-14-12-15-20-45/h12-44,73H,1-11H3/i44D. The van der Waals surface area contributed by atoms with Gasteiger partial charge in [-0.25, -0.2) is 4.98 Å². The second-order valence-corrected chi connectivity index (χ2v) is 23.0. The van der Waals surface area contributed by atoms with E-state index in [0.717, 1.165) is 89.2 Å². The van der Waals surface area contributed by atoms with Gasteiger partial charge in [0, 0.05) is 29.8 Å². The number of rotatable bonds is 9. The van der Waals surface area contributed by atoms with Crippen LogP contribution >= 0.6 is 0 Å². The van der Waals surface area contributed by atoms with Crippen molar-refractivity contribution in [3.8, 4) is 89.7 Å². The molecule has 10 rings (SSSR count). The van der Waals surface area contributed by atoms with Gasteiger partial charge < -0.3 is 5.11 Å². The van der Waals surface area contributed by atoms with Gasteiger partial charge in [0.1, 0.15) is 11.6 Å². The molecule has 0 amide bonds. The average Bonchev–Trinajstić information content (AvgIpc) is 3.78. The number of phenolic OH excluding ortho intramolecular Hbond substituents is 1. The van der Waals surface area contributed by atoms with Gasteiger partial charge in [-0.1, -0.05) is 210 Å². The Morgan fingerprint density at radius 3 is 1.64 bits per heavy atom. The van der Waals surface area contributed by atoms with Gasteiger partial charge >= 0.3 is 0 Å². The van der Waals surface area contributed by atoms with Gasteiger partial charge in [-0.3, -0.25) is 9.55 Å². The molecule has 0 aliphatic rings. The molecule has 0 spiro atoms. The summed E-state index contributed by atoms with van der Waals surface area (Å²) in [4.78, 5) is 10.7. The molecule has 0 radical (unpaired) electrons. The van der Waals surface area contributed by atoms with Crippen molar-refractivity contribution in [3.05, 3.63) is 217 Å². The van der Waals surface area contributed by atoms with E-state index >= 15 is 0 Å². The number of imidazole rings is 1. The van der Waals surface area contributed by atoms with E-state index in [-0.39, 0.29) is 22.0 Å². The third-order valence-electron chi connectivity index (χ3n) is 14.3. The summed E-state index contributed by atoms with van der Waals surface area (Å²) < 4.78 is 11.5. The summed E-state index contributed by atoms with van der Waals surface area (Å²) in [6.07, 6.45) is 1.91. The molecular weight excluding hydrogens is 887 g/mol. The van der Waals surface area contributed by atoms with Crippen molar-refractivity contribution in [2.45, 2.75) is 98.3 Å². The molecule has 4 nitrogen and oxygen atoms in total. The SMILES string of the molecule is [2H]C(C)(C)c1ccc(-n2c(-c3cc(C(C)(C)C)cc(C(C)(C)C)c3O)nc3c(-c4cc(-c5ccccc5)cc(-c5cc(-c6ccc(-c7ccccc7)cc6)ccn5)c4)cccc32)c(-c2ccc(C(C)(C)C)cc2)c1. The lowest BCUT2D eigenvalue weighted by molar-refractivity contribution is 0.446. The largest absolute Gasteiger partial charge is 0.507 e. The van der Waals surface area contributed by atoms with Crippen LogP contribution in [0, 0.1) is 0 Å². The molecule has 2 aromatic heterocycles. The zero-order valence-electron chi connectivity index (χ0n) is 45.3. The van der Waals surface area contributed by atoms with Crippen LogP contribution in [-0.2, 0) is 16.2 Å². The van der Waals surface area contributed by atoms with E-state index in [0.29, 0.717) is 11.4 Å². The number of benzene rings is 8. The van der Waals surface area contributed by atoms with Crippen LogP contribution in [-0.4, -0.2) is 19.6 Å². The molecule has 2 heterocycles. The molecule has 0 saturated carbocycles. The highest BCUT2D eigenvalue weighted by molar-refractivity contribution is 5.98. The lowest BCUT2D eigenvalue weighted by atomic mass is 9.79. The van der Waals surface area contributed by atoms with Crippen LogP contribution in [0.1, 0.15) is 106 Å². The second kappa shape index (κ2) is 19.0. The second-order valence-electron chi connectivity index (χ2n) is 23.0. The minimum atomic E-state index is -0.852. The molecule has 8 aromatic carbocycles. The van der Waals surface area contributed by atoms with Crippen LogP contribution in [0.25, 0.3) is 95.0 Å². The van der Waals surface area contributed by atoms with Crippen molar-refractivity contribution < 1.29 is 6.48 Å². The first kappa shape index (κ1) is 47.5. The number of hydrogen-bond donors (Lipinski definition) is 1. The Morgan fingerprint density at radius 1 is 0.452 bits per heavy atom. The van der Waals surface area contributed by atoms with Gasteiger partial charge in [0.15, 0.2) is 0 Å². The highest BCUT2D eigenvalue weighted by Gasteiger charge is 2.30. The molecule has 10 aromatic rings. The zero-order chi connectivity index (χ0) is 52.3. The van der Waals surface area contributed by atoms with Gasteiger partial charge in [0.25, 0.3) is 0 Å². The van der Waals surface area contributed by atoms with E-state index in [4.69, 9.17) is 9.97 Å². The Labute approximate surface area is 434 Å². The molecule has 0 unspecified atom stereocenters. The highest BCUT2D eigenvalue weighted by Crippen LogP contribution is 2.46. The van der Waals surface area contributed by atoms with Crippen LogP contribution in [0.5, 0.6) is 5.75 Å².